The Bertz CT molecular complexity index is 545. The molecule has 0 unspecified atom stereocenters. The average Bonchev–Trinajstić information content (AvgIpc) is 2.26. The Morgan fingerprint density at radius 1 is 1.50 bits per heavy atom. The number of amides is 1. The molecule has 0 saturated carbocycles. The van der Waals surface area contributed by atoms with Gasteiger partial charge in [-0.1, -0.05) is 0 Å². The summed E-state index contributed by atoms with van der Waals surface area (Å²) in [7, 11) is -3.75. The number of carbonyl (C=O) groups is 1. The van der Waals surface area contributed by atoms with Crippen molar-refractivity contribution in [2.75, 3.05) is 13.2 Å². The lowest BCUT2D eigenvalue weighted by atomic mass is 10.3. The first kappa shape index (κ1) is 14.9. The summed E-state index contributed by atoms with van der Waals surface area (Å²) in [4.78, 5) is 11.2. The Hall–Kier alpha value is -1.12. The third-order valence-corrected chi connectivity index (χ3v) is 3.50. The Morgan fingerprint density at radius 2 is 2.17 bits per heavy atom. The Morgan fingerprint density at radius 3 is 2.67 bits per heavy atom. The zero-order chi connectivity index (χ0) is 13.8. The fraction of sp³-hybridized carbons (Fsp3) is 0.300. The molecule has 0 spiro atoms. The molecule has 1 aromatic carbocycles. The lowest BCUT2D eigenvalue weighted by molar-refractivity contribution is -0.122. The summed E-state index contributed by atoms with van der Waals surface area (Å²) in [5, 5.41) is 7.56. The molecule has 1 rings (SSSR count). The van der Waals surface area contributed by atoms with Crippen molar-refractivity contribution in [3.05, 3.63) is 22.7 Å². The molecule has 1 amide bonds. The van der Waals surface area contributed by atoms with E-state index in [2.05, 4.69) is 21.2 Å². The van der Waals surface area contributed by atoms with Crippen molar-refractivity contribution in [2.24, 2.45) is 5.14 Å². The minimum absolute atomic E-state index is 0.0280. The summed E-state index contributed by atoms with van der Waals surface area (Å²) in [6.07, 6.45) is 0. The second-order valence-electron chi connectivity index (χ2n) is 3.38. The van der Waals surface area contributed by atoms with Crippen molar-refractivity contribution in [3.8, 4) is 5.75 Å². The van der Waals surface area contributed by atoms with Gasteiger partial charge in [0.1, 0.15) is 5.75 Å². The van der Waals surface area contributed by atoms with Gasteiger partial charge in [0.15, 0.2) is 6.61 Å². The highest BCUT2D eigenvalue weighted by Gasteiger charge is 2.11. The number of rotatable bonds is 5. The summed E-state index contributed by atoms with van der Waals surface area (Å²) in [6.45, 7) is 2.18. The minimum atomic E-state index is -3.75. The van der Waals surface area contributed by atoms with E-state index in [0.29, 0.717) is 16.8 Å². The molecule has 1 aromatic rings. The number of nitrogens with two attached hydrogens (primary N) is 1. The number of sulfonamides is 1. The van der Waals surface area contributed by atoms with Gasteiger partial charge >= 0.3 is 0 Å². The predicted molar refractivity (Wildman–Crippen MR) is 69.7 cm³/mol. The van der Waals surface area contributed by atoms with Crippen LogP contribution in [0.4, 0.5) is 0 Å². The number of ether oxygens (including phenoxy) is 1. The number of carbonyl (C=O) groups excluding carboxylic acids is 1. The van der Waals surface area contributed by atoms with E-state index >= 15 is 0 Å². The van der Waals surface area contributed by atoms with E-state index in [1.807, 2.05) is 0 Å². The number of likely N-dealkylation sites (N-methyl/N-ethyl adjacent to an activating group) is 1. The van der Waals surface area contributed by atoms with Gasteiger partial charge in [0.2, 0.25) is 10.0 Å². The third kappa shape index (κ3) is 4.28. The summed E-state index contributed by atoms with van der Waals surface area (Å²) in [5.74, 6) is 0.119. The van der Waals surface area contributed by atoms with E-state index < -0.39 is 10.0 Å². The van der Waals surface area contributed by atoms with Crippen molar-refractivity contribution < 1.29 is 17.9 Å². The Labute approximate surface area is 114 Å². The highest BCUT2D eigenvalue weighted by atomic mass is 79.9. The largest absolute Gasteiger partial charge is 0.483 e. The van der Waals surface area contributed by atoms with Gasteiger partial charge in [-0.15, -0.1) is 0 Å². The van der Waals surface area contributed by atoms with Crippen LogP contribution in [0.25, 0.3) is 0 Å². The maximum absolute atomic E-state index is 11.2. The normalized spacial score (nSPS) is 11.1. The molecule has 0 aliphatic heterocycles. The summed E-state index contributed by atoms with van der Waals surface area (Å²) >= 11 is 3.15. The van der Waals surface area contributed by atoms with E-state index in [1.54, 1.807) is 6.92 Å². The molecular weight excluding hydrogens is 324 g/mol. The highest BCUT2D eigenvalue weighted by Crippen LogP contribution is 2.27. The van der Waals surface area contributed by atoms with Crippen LogP contribution in [-0.2, 0) is 14.8 Å². The van der Waals surface area contributed by atoms with E-state index in [9.17, 15) is 13.2 Å². The molecule has 0 fully saturated rings. The Balaban J connectivity index is 2.78. The van der Waals surface area contributed by atoms with E-state index in [0.717, 1.165) is 0 Å². The molecule has 8 heteroatoms. The van der Waals surface area contributed by atoms with Crippen molar-refractivity contribution >= 4 is 31.9 Å². The number of hydrogen-bond acceptors (Lipinski definition) is 4. The molecule has 0 saturated heterocycles. The van der Waals surface area contributed by atoms with Gasteiger partial charge in [0.25, 0.3) is 5.91 Å². The summed E-state index contributed by atoms with van der Waals surface area (Å²) < 4.78 is 27.8. The molecule has 100 valence electrons. The average molecular weight is 337 g/mol. The molecular formula is C10H13BrN2O4S. The lowest BCUT2D eigenvalue weighted by Crippen LogP contribution is -2.28. The molecule has 0 heterocycles. The zero-order valence-corrected chi connectivity index (χ0v) is 12.0. The van der Waals surface area contributed by atoms with Crippen molar-refractivity contribution in [1.29, 1.82) is 0 Å². The minimum Gasteiger partial charge on any atom is -0.483 e. The molecule has 0 aliphatic rings. The second-order valence-corrected chi connectivity index (χ2v) is 5.80. The number of benzene rings is 1. The molecule has 6 nitrogen and oxygen atoms in total. The van der Waals surface area contributed by atoms with Crippen LogP contribution in [0.3, 0.4) is 0 Å². The van der Waals surface area contributed by atoms with Crippen molar-refractivity contribution in [3.63, 3.8) is 0 Å². The van der Waals surface area contributed by atoms with Crippen LogP contribution in [0.5, 0.6) is 5.75 Å². The number of nitrogens with one attached hydrogen (secondary N) is 1. The molecule has 0 aromatic heterocycles. The van der Waals surface area contributed by atoms with Gasteiger partial charge in [0.05, 0.1) is 9.37 Å². The molecule has 0 atom stereocenters. The van der Waals surface area contributed by atoms with Crippen LogP contribution in [-0.4, -0.2) is 27.5 Å². The van der Waals surface area contributed by atoms with Gasteiger partial charge in [-0.3, -0.25) is 4.79 Å². The standard InChI is InChI=1S/C10H13BrN2O4S/c1-2-13-10(14)6-17-9-4-3-7(5-8(9)11)18(12,15)16/h3-5H,2,6H2,1H3,(H,13,14)(H2,12,15,16). The second kappa shape index (κ2) is 6.17. The predicted octanol–water partition coefficient (Wildman–Crippen LogP) is 0.611. The van der Waals surface area contributed by atoms with Crippen LogP contribution in [0.15, 0.2) is 27.6 Å². The van der Waals surface area contributed by atoms with Crippen molar-refractivity contribution in [1.82, 2.24) is 5.32 Å². The lowest BCUT2D eigenvalue weighted by Gasteiger charge is -2.08. The monoisotopic (exact) mass is 336 g/mol. The zero-order valence-electron chi connectivity index (χ0n) is 9.64. The number of primary sulfonamides is 1. The van der Waals surface area contributed by atoms with Gasteiger partial charge in [0, 0.05) is 6.54 Å². The summed E-state index contributed by atoms with van der Waals surface area (Å²) in [5.41, 5.74) is 0. The van der Waals surface area contributed by atoms with Gasteiger partial charge in [-0.2, -0.15) is 0 Å². The highest BCUT2D eigenvalue weighted by molar-refractivity contribution is 9.10. The van der Waals surface area contributed by atoms with Crippen LogP contribution in [0.2, 0.25) is 0 Å². The summed E-state index contributed by atoms with van der Waals surface area (Å²) in [6, 6.07) is 4.07. The van der Waals surface area contributed by atoms with Crippen LogP contribution >= 0.6 is 15.9 Å². The quantitative estimate of drug-likeness (QED) is 0.822. The maximum atomic E-state index is 11.2. The van der Waals surface area contributed by atoms with E-state index in [4.69, 9.17) is 9.88 Å². The Kier molecular flexibility index (Phi) is 5.12. The van der Waals surface area contributed by atoms with Crippen LogP contribution < -0.4 is 15.2 Å². The molecule has 3 N–H and O–H groups in total. The van der Waals surface area contributed by atoms with Gasteiger partial charge in [-0.05, 0) is 41.1 Å². The van der Waals surface area contributed by atoms with E-state index in [1.165, 1.54) is 18.2 Å². The SMILES string of the molecule is CCNC(=O)COc1ccc(S(N)(=O)=O)cc1Br. The van der Waals surface area contributed by atoms with Gasteiger partial charge < -0.3 is 10.1 Å². The fourth-order valence-electron chi connectivity index (χ4n) is 1.17. The smallest absolute Gasteiger partial charge is 0.257 e. The molecule has 0 bridgehead atoms. The first-order valence-electron chi connectivity index (χ1n) is 5.06. The van der Waals surface area contributed by atoms with Crippen LogP contribution in [0.1, 0.15) is 6.92 Å². The number of halogens is 1. The molecule has 18 heavy (non-hydrogen) atoms. The molecule has 0 radical (unpaired) electrons. The number of hydrogen-bond donors (Lipinski definition) is 2. The molecule has 0 aliphatic carbocycles. The fourth-order valence-corrected chi connectivity index (χ4v) is 2.35. The van der Waals surface area contributed by atoms with Crippen LogP contribution in [0, 0.1) is 0 Å². The third-order valence-electron chi connectivity index (χ3n) is 1.96. The van der Waals surface area contributed by atoms with Gasteiger partial charge in [-0.25, -0.2) is 13.6 Å². The first-order chi connectivity index (χ1) is 8.34. The maximum Gasteiger partial charge on any atom is 0.257 e. The first-order valence-corrected chi connectivity index (χ1v) is 7.40. The van der Waals surface area contributed by atoms with E-state index in [-0.39, 0.29) is 17.4 Å². The topological polar surface area (TPSA) is 98.5 Å². The van der Waals surface area contributed by atoms with Crippen molar-refractivity contribution in [2.45, 2.75) is 11.8 Å².